The highest BCUT2D eigenvalue weighted by Gasteiger charge is 2.09. The van der Waals surface area contributed by atoms with E-state index in [4.69, 9.17) is 4.84 Å². The lowest BCUT2D eigenvalue weighted by Gasteiger charge is -2.17. The lowest BCUT2D eigenvalue weighted by Crippen LogP contribution is -2.25. The van der Waals surface area contributed by atoms with Crippen LogP contribution < -0.4 is 5.48 Å². The van der Waals surface area contributed by atoms with Gasteiger partial charge in [-0.3, -0.25) is 4.84 Å². The smallest absolute Gasteiger partial charge is 0.0902 e. The van der Waals surface area contributed by atoms with Crippen LogP contribution in [0.1, 0.15) is 6.42 Å². The van der Waals surface area contributed by atoms with Gasteiger partial charge in [0, 0.05) is 6.54 Å². The number of nitrogens with one attached hydrogen (secondary N) is 1. The van der Waals surface area contributed by atoms with Crippen LogP contribution in [0.15, 0.2) is 35.5 Å². The van der Waals surface area contributed by atoms with Gasteiger partial charge >= 0.3 is 0 Å². The van der Waals surface area contributed by atoms with Crippen LogP contribution in [-0.2, 0) is 4.84 Å². The molecule has 58 valence electrons. The Kier molecular flexibility index (Phi) is 1.88. The van der Waals surface area contributed by atoms with Crippen LogP contribution in [0.25, 0.3) is 0 Å². The summed E-state index contributed by atoms with van der Waals surface area (Å²) in [5, 5.41) is 0. The Morgan fingerprint density at radius 1 is 1.36 bits per heavy atom. The molecule has 0 saturated carbocycles. The molecule has 0 aromatic rings. The van der Waals surface area contributed by atoms with Crippen molar-refractivity contribution in [1.29, 1.82) is 0 Å². The SMILES string of the molecule is C1=CCC2=C(C=C1)CNOC2. The van der Waals surface area contributed by atoms with Crippen molar-refractivity contribution < 1.29 is 4.84 Å². The van der Waals surface area contributed by atoms with E-state index in [-0.39, 0.29) is 0 Å². The summed E-state index contributed by atoms with van der Waals surface area (Å²) in [6, 6.07) is 0. The Morgan fingerprint density at radius 3 is 3.36 bits per heavy atom. The van der Waals surface area contributed by atoms with Crippen LogP contribution in [-0.4, -0.2) is 13.2 Å². The van der Waals surface area contributed by atoms with Gasteiger partial charge in [-0.15, -0.1) is 0 Å². The zero-order valence-electron chi connectivity index (χ0n) is 6.34. The molecule has 0 saturated heterocycles. The van der Waals surface area contributed by atoms with E-state index in [1.54, 1.807) is 0 Å². The van der Waals surface area contributed by atoms with Crippen molar-refractivity contribution in [3.8, 4) is 0 Å². The van der Waals surface area contributed by atoms with Crippen LogP contribution >= 0.6 is 0 Å². The fourth-order valence-electron chi connectivity index (χ4n) is 1.31. The molecule has 1 aliphatic carbocycles. The first kappa shape index (κ1) is 6.83. The molecule has 1 heterocycles. The molecular formula is C9H11NO. The molecule has 2 aliphatic rings. The maximum atomic E-state index is 5.12. The topological polar surface area (TPSA) is 21.3 Å². The average molecular weight is 149 g/mol. The molecule has 0 fully saturated rings. The monoisotopic (exact) mass is 149 g/mol. The van der Waals surface area contributed by atoms with Crippen molar-refractivity contribution in [3.05, 3.63) is 35.5 Å². The molecule has 0 radical (unpaired) electrons. The highest BCUT2D eigenvalue weighted by atomic mass is 16.6. The highest BCUT2D eigenvalue weighted by Crippen LogP contribution is 2.16. The van der Waals surface area contributed by atoms with Crippen molar-refractivity contribution in [3.63, 3.8) is 0 Å². The van der Waals surface area contributed by atoms with E-state index in [0.717, 1.165) is 19.6 Å². The van der Waals surface area contributed by atoms with Crippen molar-refractivity contribution in [2.75, 3.05) is 13.2 Å². The van der Waals surface area contributed by atoms with E-state index in [1.165, 1.54) is 11.1 Å². The van der Waals surface area contributed by atoms with Crippen molar-refractivity contribution in [2.45, 2.75) is 6.42 Å². The molecule has 0 aromatic carbocycles. The first-order valence-corrected chi connectivity index (χ1v) is 3.85. The summed E-state index contributed by atoms with van der Waals surface area (Å²) < 4.78 is 0. The minimum absolute atomic E-state index is 0.726. The minimum atomic E-state index is 0.726. The molecule has 0 spiro atoms. The van der Waals surface area contributed by atoms with Gasteiger partial charge < -0.3 is 0 Å². The molecular weight excluding hydrogens is 138 g/mol. The predicted molar refractivity (Wildman–Crippen MR) is 43.9 cm³/mol. The zero-order valence-corrected chi connectivity index (χ0v) is 6.34. The quantitative estimate of drug-likeness (QED) is 0.561. The minimum Gasteiger partial charge on any atom is -0.297 e. The van der Waals surface area contributed by atoms with Crippen LogP contribution in [0.3, 0.4) is 0 Å². The third-order valence-electron chi connectivity index (χ3n) is 1.97. The summed E-state index contributed by atoms with van der Waals surface area (Å²) in [5.41, 5.74) is 5.65. The van der Waals surface area contributed by atoms with E-state index in [1.807, 2.05) is 0 Å². The maximum absolute atomic E-state index is 5.12. The first-order chi connectivity index (χ1) is 5.47. The van der Waals surface area contributed by atoms with Gasteiger partial charge in [0.15, 0.2) is 0 Å². The maximum Gasteiger partial charge on any atom is 0.0902 e. The normalized spacial score (nSPS) is 23.3. The Bertz CT molecular complexity index is 238. The van der Waals surface area contributed by atoms with Gasteiger partial charge in [-0.2, -0.15) is 5.48 Å². The molecule has 0 atom stereocenters. The van der Waals surface area contributed by atoms with Crippen molar-refractivity contribution in [1.82, 2.24) is 5.48 Å². The van der Waals surface area contributed by atoms with Crippen molar-refractivity contribution >= 4 is 0 Å². The van der Waals surface area contributed by atoms with Crippen LogP contribution in [0.2, 0.25) is 0 Å². The molecule has 0 aromatic heterocycles. The Balaban J connectivity index is 2.26. The standard InChI is InChI=1S/C9H11NO/c1-2-4-8-6-10-11-7-9(8)5-3-1/h1-4,10H,5-7H2. The third-order valence-corrected chi connectivity index (χ3v) is 1.97. The largest absolute Gasteiger partial charge is 0.297 e. The lowest BCUT2D eigenvalue weighted by molar-refractivity contribution is 0.0533. The molecule has 2 heteroatoms. The van der Waals surface area contributed by atoms with Gasteiger partial charge in [0.05, 0.1) is 6.61 Å². The number of rotatable bonds is 0. The average Bonchev–Trinajstić information content (AvgIpc) is 2.28. The highest BCUT2D eigenvalue weighted by molar-refractivity contribution is 5.34. The summed E-state index contributed by atoms with van der Waals surface area (Å²) >= 11 is 0. The summed E-state index contributed by atoms with van der Waals surface area (Å²) in [7, 11) is 0. The van der Waals surface area contributed by atoms with Crippen molar-refractivity contribution in [2.24, 2.45) is 0 Å². The van der Waals surface area contributed by atoms with Gasteiger partial charge in [0.25, 0.3) is 0 Å². The lowest BCUT2D eigenvalue weighted by atomic mass is 10.1. The Morgan fingerprint density at radius 2 is 2.36 bits per heavy atom. The van der Waals surface area contributed by atoms with E-state index >= 15 is 0 Å². The van der Waals surface area contributed by atoms with Gasteiger partial charge in [-0.25, -0.2) is 0 Å². The zero-order chi connectivity index (χ0) is 7.52. The number of hydrogen-bond donors (Lipinski definition) is 1. The summed E-state index contributed by atoms with van der Waals surface area (Å²) in [5.74, 6) is 0. The number of hydrogen-bond acceptors (Lipinski definition) is 2. The summed E-state index contributed by atoms with van der Waals surface area (Å²) in [6.45, 7) is 1.57. The second-order valence-electron chi connectivity index (χ2n) is 2.73. The summed E-state index contributed by atoms with van der Waals surface area (Å²) in [4.78, 5) is 5.12. The van der Waals surface area contributed by atoms with Gasteiger partial charge in [0.1, 0.15) is 0 Å². The molecule has 0 amide bonds. The summed E-state index contributed by atoms with van der Waals surface area (Å²) in [6.07, 6.45) is 9.50. The predicted octanol–water partition coefficient (Wildman–Crippen LogP) is 1.33. The number of hydroxylamine groups is 1. The van der Waals surface area contributed by atoms with E-state index in [0.29, 0.717) is 0 Å². The van der Waals surface area contributed by atoms with Crippen LogP contribution in [0, 0.1) is 0 Å². The van der Waals surface area contributed by atoms with E-state index in [9.17, 15) is 0 Å². The van der Waals surface area contributed by atoms with Crippen LogP contribution in [0.5, 0.6) is 0 Å². The fraction of sp³-hybridized carbons (Fsp3) is 0.333. The molecule has 2 nitrogen and oxygen atoms in total. The Labute approximate surface area is 66.2 Å². The van der Waals surface area contributed by atoms with Gasteiger partial charge in [0.2, 0.25) is 0 Å². The van der Waals surface area contributed by atoms with Gasteiger partial charge in [-0.05, 0) is 17.6 Å². The first-order valence-electron chi connectivity index (χ1n) is 3.85. The molecule has 1 aliphatic heterocycles. The molecule has 0 bridgehead atoms. The van der Waals surface area contributed by atoms with Gasteiger partial charge in [-0.1, -0.05) is 24.3 Å². The van der Waals surface area contributed by atoms with E-state index in [2.05, 4.69) is 29.8 Å². The molecule has 2 rings (SSSR count). The third kappa shape index (κ3) is 1.42. The fourth-order valence-corrected chi connectivity index (χ4v) is 1.31. The second kappa shape index (κ2) is 3.03. The van der Waals surface area contributed by atoms with Crippen LogP contribution in [0.4, 0.5) is 0 Å². The second-order valence-corrected chi connectivity index (χ2v) is 2.73. The molecule has 0 unspecified atom stereocenters. The van der Waals surface area contributed by atoms with E-state index < -0.39 is 0 Å². The molecule has 11 heavy (non-hydrogen) atoms. The number of allylic oxidation sites excluding steroid dienone is 3. The molecule has 1 N–H and O–H groups in total. The Hall–Kier alpha value is -0.860.